The highest BCUT2D eigenvalue weighted by Crippen LogP contribution is 2.09. The van der Waals surface area contributed by atoms with E-state index in [1.807, 2.05) is 20.0 Å². The van der Waals surface area contributed by atoms with Crippen molar-refractivity contribution in [1.82, 2.24) is 9.55 Å². The van der Waals surface area contributed by atoms with Gasteiger partial charge in [0.2, 0.25) is 5.95 Å². The van der Waals surface area contributed by atoms with Crippen molar-refractivity contribution in [3.8, 4) is 0 Å². The summed E-state index contributed by atoms with van der Waals surface area (Å²) in [5.74, 6) is 0.886. The van der Waals surface area contributed by atoms with Crippen molar-refractivity contribution < 1.29 is 4.21 Å². The number of rotatable bonds is 6. The summed E-state index contributed by atoms with van der Waals surface area (Å²) in [5.41, 5.74) is 1.02. The van der Waals surface area contributed by atoms with Crippen LogP contribution in [0.3, 0.4) is 0 Å². The van der Waals surface area contributed by atoms with E-state index in [0.717, 1.165) is 24.6 Å². The molecule has 2 atom stereocenters. The molecule has 1 heterocycles. The molecule has 0 spiro atoms. The summed E-state index contributed by atoms with van der Waals surface area (Å²) in [5, 5.41) is 3.40. The molecule has 1 rings (SSSR count). The summed E-state index contributed by atoms with van der Waals surface area (Å²) < 4.78 is 13.3. The lowest BCUT2D eigenvalue weighted by Gasteiger charge is -2.11. The van der Waals surface area contributed by atoms with Crippen molar-refractivity contribution in [3.63, 3.8) is 0 Å². The number of aryl methyl sites for hydroxylation is 2. The van der Waals surface area contributed by atoms with Crippen LogP contribution in [-0.4, -0.2) is 31.8 Å². The molecule has 0 aliphatic heterocycles. The molecule has 5 heteroatoms. The molecule has 0 saturated carbocycles. The van der Waals surface area contributed by atoms with Gasteiger partial charge in [-0.25, -0.2) is 4.98 Å². The Bertz CT molecular complexity index is 362. The largest absolute Gasteiger partial charge is 0.354 e. The molecule has 4 nitrogen and oxygen atoms in total. The van der Waals surface area contributed by atoms with Gasteiger partial charge in [0.15, 0.2) is 0 Å². The third-order valence-electron chi connectivity index (χ3n) is 2.48. The fourth-order valence-electron chi connectivity index (χ4n) is 1.45. The van der Waals surface area contributed by atoms with Crippen molar-refractivity contribution in [2.75, 3.05) is 18.1 Å². The summed E-state index contributed by atoms with van der Waals surface area (Å²) in [6.45, 7) is 7.76. The van der Waals surface area contributed by atoms with Gasteiger partial charge in [-0.1, -0.05) is 6.92 Å². The minimum absolute atomic E-state index is 0.145. The second-order valence-electron chi connectivity index (χ2n) is 4.09. The second-order valence-corrected chi connectivity index (χ2v) is 5.89. The second kappa shape index (κ2) is 6.03. The average Bonchev–Trinajstić information content (AvgIpc) is 2.56. The molecular formula is C11H21N3OS. The average molecular weight is 243 g/mol. The van der Waals surface area contributed by atoms with Crippen molar-refractivity contribution in [2.45, 2.75) is 39.0 Å². The van der Waals surface area contributed by atoms with Gasteiger partial charge in [0, 0.05) is 41.6 Å². The lowest BCUT2D eigenvalue weighted by Crippen LogP contribution is -2.22. The minimum Gasteiger partial charge on any atom is -0.354 e. The lowest BCUT2D eigenvalue weighted by molar-refractivity contribution is 0.672. The zero-order chi connectivity index (χ0) is 12.1. The number of hydrogen-bond donors (Lipinski definition) is 1. The Balaban J connectivity index is 2.62. The zero-order valence-corrected chi connectivity index (χ0v) is 11.3. The topological polar surface area (TPSA) is 46.9 Å². The van der Waals surface area contributed by atoms with Crippen molar-refractivity contribution in [3.05, 3.63) is 11.9 Å². The normalized spacial score (nSPS) is 14.8. The van der Waals surface area contributed by atoms with Gasteiger partial charge in [0.1, 0.15) is 0 Å². The van der Waals surface area contributed by atoms with E-state index < -0.39 is 10.8 Å². The standard InChI is InChI=1S/C11H21N3OS/c1-5-6-14-8-9(2)13-11(14)12-7-10(3)16(4)15/h8,10H,5-7H2,1-4H3,(H,12,13). The third-order valence-corrected chi connectivity index (χ3v) is 3.78. The van der Waals surface area contributed by atoms with Crippen molar-refractivity contribution >= 4 is 16.7 Å². The van der Waals surface area contributed by atoms with Gasteiger partial charge < -0.3 is 9.88 Å². The summed E-state index contributed by atoms with van der Waals surface area (Å²) >= 11 is 0. The first-order valence-electron chi connectivity index (χ1n) is 5.64. The van der Waals surface area contributed by atoms with E-state index in [1.54, 1.807) is 6.26 Å². The van der Waals surface area contributed by atoms with E-state index in [2.05, 4.69) is 21.8 Å². The molecule has 0 radical (unpaired) electrons. The number of hydrogen-bond acceptors (Lipinski definition) is 3. The molecule has 0 saturated heterocycles. The first-order chi connectivity index (χ1) is 7.54. The molecule has 92 valence electrons. The maximum atomic E-state index is 11.2. The van der Waals surface area contributed by atoms with Crippen LogP contribution in [0.25, 0.3) is 0 Å². The van der Waals surface area contributed by atoms with Crippen LogP contribution in [0.15, 0.2) is 6.20 Å². The van der Waals surface area contributed by atoms with E-state index in [0.29, 0.717) is 6.54 Å². The Labute approximate surface area is 99.9 Å². The van der Waals surface area contributed by atoms with Gasteiger partial charge in [-0.3, -0.25) is 4.21 Å². The number of aromatic nitrogens is 2. The Kier molecular flexibility index (Phi) is 4.99. The van der Waals surface area contributed by atoms with Crippen LogP contribution < -0.4 is 5.32 Å². The molecule has 1 aromatic heterocycles. The van der Waals surface area contributed by atoms with Crippen LogP contribution in [-0.2, 0) is 17.3 Å². The molecule has 0 aliphatic rings. The van der Waals surface area contributed by atoms with Crippen molar-refractivity contribution in [1.29, 1.82) is 0 Å². The highest BCUT2D eigenvalue weighted by molar-refractivity contribution is 7.84. The third kappa shape index (κ3) is 3.63. The first-order valence-corrected chi connectivity index (χ1v) is 7.26. The first kappa shape index (κ1) is 13.2. The quantitative estimate of drug-likeness (QED) is 0.828. The fraction of sp³-hybridized carbons (Fsp3) is 0.727. The van der Waals surface area contributed by atoms with Crippen molar-refractivity contribution in [2.24, 2.45) is 0 Å². The van der Waals surface area contributed by atoms with E-state index in [4.69, 9.17) is 0 Å². The minimum atomic E-state index is -0.787. The van der Waals surface area contributed by atoms with Crippen LogP contribution in [0, 0.1) is 6.92 Å². The molecule has 2 unspecified atom stereocenters. The molecule has 0 fully saturated rings. The van der Waals surface area contributed by atoms with Gasteiger partial charge >= 0.3 is 0 Å². The van der Waals surface area contributed by atoms with Crippen LogP contribution in [0.1, 0.15) is 26.0 Å². The number of nitrogens with one attached hydrogen (secondary N) is 1. The molecule has 0 amide bonds. The maximum absolute atomic E-state index is 11.2. The summed E-state index contributed by atoms with van der Waals surface area (Å²) in [6.07, 6.45) is 4.86. The Hall–Kier alpha value is -0.840. The van der Waals surface area contributed by atoms with Gasteiger partial charge in [-0.15, -0.1) is 0 Å². The molecule has 0 aromatic carbocycles. The maximum Gasteiger partial charge on any atom is 0.203 e. The number of anilines is 1. The molecule has 0 bridgehead atoms. The van der Waals surface area contributed by atoms with Gasteiger partial charge in [0.25, 0.3) is 0 Å². The lowest BCUT2D eigenvalue weighted by atomic mass is 10.4. The van der Waals surface area contributed by atoms with Crippen LogP contribution in [0.4, 0.5) is 5.95 Å². The number of imidazole rings is 1. The van der Waals surface area contributed by atoms with Gasteiger partial charge in [0.05, 0.1) is 5.69 Å². The highest BCUT2D eigenvalue weighted by atomic mass is 32.2. The van der Waals surface area contributed by atoms with Gasteiger partial charge in [-0.2, -0.15) is 0 Å². The Morgan fingerprint density at radius 3 is 2.88 bits per heavy atom. The van der Waals surface area contributed by atoms with E-state index >= 15 is 0 Å². The summed E-state index contributed by atoms with van der Waals surface area (Å²) in [6, 6.07) is 0. The van der Waals surface area contributed by atoms with Crippen LogP contribution in [0.5, 0.6) is 0 Å². The molecule has 1 N–H and O–H groups in total. The zero-order valence-electron chi connectivity index (χ0n) is 10.5. The van der Waals surface area contributed by atoms with Crippen LogP contribution >= 0.6 is 0 Å². The smallest absolute Gasteiger partial charge is 0.203 e. The monoisotopic (exact) mass is 243 g/mol. The van der Waals surface area contributed by atoms with E-state index in [9.17, 15) is 4.21 Å². The number of nitrogens with zero attached hydrogens (tertiary/aromatic N) is 2. The molecule has 1 aromatic rings. The van der Waals surface area contributed by atoms with Gasteiger partial charge in [-0.05, 0) is 20.3 Å². The van der Waals surface area contributed by atoms with E-state index in [1.165, 1.54) is 0 Å². The molecule has 16 heavy (non-hydrogen) atoms. The predicted octanol–water partition coefficient (Wildman–Crippen LogP) is 1.78. The Morgan fingerprint density at radius 2 is 2.31 bits per heavy atom. The predicted molar refractivity (Wildman–Crippen MR) is 69.3 cm³/mol. The summed E-state index contributed by atoms with van der Waals surface area (Å²) in [4.78, 5) is 4.41. The molecular weight excluding hydrogens is 222 g/mol. The SMILES string of the molecule is CCCn1cc(C)nc1NCC(C)S(C)=O. The Morgan fingerprint density at radius 1 is 1.62 bits per heavy atom. The fourth-order valence-corrected chi connectivity index (χ4v) is 1.77. The summed E-state index contributed by atoms with van der Waals surface area (Å²) in [7, 11) is -0.787. The molecule has 0 aliphatic carbocycles. The highest BCUT2D eigenvalue weighted by Gasteiger charge is 2.09. The van der Waals surface area contributed by atoms with E-state index in [-0.39, 0.29) is 5.25 Å². The van der Waals surface area contributed by atoms with Crippen LogP contribution in [0.2, 0.25) is 0 Å².